The molecule has 0 saturated carbocycles. The Balaban J connectivity index is 0.00000220. The van der Waals surface area contributed by atoms with Crippen LogP contribution in [0.1, 0.15) is 53.7 Å². The number of rotatable bonds is 5. The highest BCUT2D eigenvalue weighted by molar-refractivity contribution is 7.14. The van der Waals surface area contributed by atoms with Gasteiger partial charge in [0.2, 0.25) is 0 Å². The van der Waals surface area contributed by atoms with Crippen LogP contribution in [0.3, 0.4) is 0 Å². The average Bonchev–Trinajstić information content (AvgIpc) is 3.02. The van der Waals surface area contributed by atoms with Crippen molar-refractivity contribution in [1.29, 1.82) is 0 Å². The predicted octanol–water partition coefficient (Wildman–Crippen LogP) is 3.49. The molecule has 1 aliphatic heterocycles. The van der Waals surface area contributed by atoms with Gasteiger partial charge in [0.15, 0.2) is 0 Å². The summed E-state index contributed by atoms with van der Waals surface area (Å²) in [5.41, 5.74) is 7.10. The molecule has 2 unspecified atom stereocenters. The van der Waals surface area contributed by atoms with Gasteiger partial charge in [-0.25, -0.2) is 0 Å². The fourth-order valence-corrected chi connectivity index (χ4v) is 4.36. The molecule has 1 saturated heterocycles. The Hall–Kier alpha value is -0.580. The molecule has 1 amide bonds. The molecule has 1 aromatic heterocycles. The fraction of sp³-hybridized carbons (Fsp3) is 0.688. The first kappa shape index (κ1) is 18.5. The Morgan fingerprint density at radius 2 is 2.19 bits per heavy atom. The van der Waals surface area contributed by atoms with Gasteiger partial charge in [-0.1, -0.05) is 20.3 Å². The Kier molecular flexibility index (Phi) is 7.17. The van der Waals surface area contributed by atoms with E-state index in [0.717, 1.165) is 37.1 Å². The normalized spacial score (nSPS) is 21.4. The number of aryl methyl sites for hydroxylation is 2. The number of nitrogens with two attached hydrogens (primary N) is 1. The third kappa shape index (κ3) is 3.99. The minimum absolute atomic E-state index is 0. The van der Waals surface area contributed by atoms with Crippen molar-refractivity contribution >= 4 is 29.7 Å². The van der Waals surface area contributed by atoms with Gasteiger partial charge in [-0.3, -0.25) is 4.79 Å². The van der Waals surface area contributed by atoms with Crippen molar-refractivity contribution in [3.8, 4) is 0 Å². The Morgan fingerprint density at radius 3 is 2.71 bits per heavy atom. The van der Waals surface area contributed by atoms with E-state index in [1.165, 1.54) is 10.4 Å². The minimum atomic E-state index is 0. The molecule has 0 aliphatic carbocycles. The number of nitrogens with zero attached hydrogens (tertiary/aromatic N) is 1. The first-order valence-electron chi connectivity index (χ1n) is 7.73. The molecule has 2 atom stereocenters. The van der Waals surface area contributed by atoms with Crippen LogP contribution in [0.4, 0.5) is 0 Å². The van der Waals surface area contributed by atoms with Crippen molar-refractivity contribution in [2.24, 2.45) is 11.7 Å². The third-order valence-electron chi connectivity index (χ3n) is 4.22. The Bertz CT molecular complexity index is 475. The average molecular weight is 331 g/mol. The summed E-state index contributed by atoms with van der Waals surface area (Å²) in [6, 6.07) is 2.43. The number of thiophene rings is 1. The van der Waals surface area contributed by atoms with E-state index in [1.807, 2.05) is 4.90 Å². The van der Waals surface area contributed by atoms with Crippen LogP contribution in [-0.4, -0.2) is 29.9 Å². The zero-order valence-electron chi connectivity index (χ0n) is 13.2. The number of carbonyl (C=O) groups excluding carboxylic acids is 1. The van der Waals surface area contributed by atoms with Crippen LogP contribution in [-0.2, 0) is 12.8 Å². The van der Waals surface area contributed by atoms with E-state index in [4.69, 9.17) is 5.73 Å². The fourth-order valence-electron chi connectivity index (χ4n) is 3.05. The molecule has 1 aromatic rings. The molecule has 2 rings (SSSR count). The van der Waals surface area contributed by atoms with Gasteiger partial charge in [-0.2, -0.15) is 0 Å². The first-order valence-corrected chi connectivity index (χ1v) is 8.54. The van der Waals surface area contributed by atoms with Crippen molar-refractivity contribution in [1.82, 2.24) is 4.90 Å². The lowest BCUT2D eigenvalue weighted by atomic mass is 10.1. The minimum Gasteiger partial charge on any atom is -0.335 e. The van der Waals surface area contributed by atoms with Crippen LogP contribution in [0.25, 0.3) is 0 Å². The van der Waals surface area contributed by atoms with Gasteiger partial charge in [0.05, 0.1) is 4.88 Å². The van der Waals surface area contributed by atoms with E-state index in [0.29, 0.717) is 18.5 Å². The van der Waals surface area contributed by atoms with Crippen LogP contribution in [0.15, 0.2) is 6.07 Å². The van der Waals surface area contributed by atoms with Crippen molar-refractivity contribution in [3.63, 3.8) is 0 Å². The molecule has 1 fully saturated rings. The lowest BCUT2D eigenvalue weighted by Crippen LogP contribution is -2.33. The molecule has 3 nitrogen and oxygen atoms in total. The van der Waals surface area contributed by atoms with E-state index < -0.39 is 0 Å². The summed E-state index contributed by atoms with van der Waals surface area (Å²) in [5.74, 6) is 0.671. The van der Waals surface area contributed by atoms with Gasteiger partial charge >= 0.3 is 0 Å². The van der Waals surface area contributed by atoms with Crippen LogP contribution in [0.5, 0.6) is 0 Å². The highest BCUT2D eigenvalue weighted by Crippen LogP contribution is 2.29. The maximum absolute atomic E-state index is 12.7. The Labute approximate surface area is 138 Å². The molecule has 0 aromatic carbocycles. The topological polar surface area (TPSA) is 46.3 Å². The number of carbonyl (C=O) groups is 1. The standard InChI is InChI=1S/C16H26N2OS.ClH/c1-4-6-14-13(5-2)8-15(20-14)16(19)18-10-12(9-17)7-11(18)3;/h8,11-12H,4-7,9-10,17H2,1-3H3;1H. The molecule has 5 heteroatoms. The van der Waals surface area contributed by atoms with Gasteiger partial charge < -0.3 is 10.6 Å². The summed E-state index contributed by atoms with van der Waals surface area (Å²) >= 11 is 1.69. The monoisotopic (exact) mass is 330 g/mol. The van der Waals surface area contributed by atoms with Crippen LogP contribution in [0, 0.1) is 5.92 Å². The maximum atomic E-state index is 12.7. The van der Waals surface area contributed by atoms with E-state index in [2.05, 4.69) is 26.8 Å². The van der Waals surface area contributed by atoms with E-state index >= 15 is 0 Å². The van der Waals surface area contributed by atoms with E-state index in [-0.39, 0.29) is 18.3 Å². The zero-order chi connectivity index (χ0) is 14.7. The zero-order valence-corrected chi connectivity index (χ0v) is 14.9. The maximum Gasteiger partial charge on any atom is 0.264 e. The van der Waals surface area contributed by atoms with Gasteiger partial charge in [0, 0.05) is 17.5 Å². The summed E-state index contributed by atoms with van der Waals surface area (Å²) in [5, 5.41) is 0. The highest BCUT2D eigenvalue weighted by Gasteiger charge is 2.32. The second kappa shape index (κ2) is 8.16. The van der Waals surface area contributed by atoms with Crippen LogP contribution >= 0.6 is 23.7 Å². The van der Waals surface area contributed by atoms with E-state index in [9.17, 15) is 4.79 Å². The second-order valence-corrected chi connectivity index (χ2v) is 6.94. The van der Waals surface area contributed by atoms with Crippen molar-refractivity contribution in [3.05, 3.63) is 21.4 Å². The van der Waals surface area contributed by atoms with Gasteiger partial charge in [0.1, 0.15) is 0 Å². The predicted molar refractivity (Wildman–Crippen MR) is 92.6 cm³/mol. The molecule has 0 radical (unpaired) electrons. The number of likely N-dealkylation sites (tertiary alicyclic amines) is 1. The number of amides is 1. The van der Waals surface area contributed by atoms with E-state index in [1.54, 1.807) is 11.3 Å². The molecule has 2 N–H and O–H groups in total. The van der Waals surface area contributed by atoms with Crippen molar-refractivity contribution < 1.29 is 4.79 Å². The summed E-state index contributed by atoms with van der Waals surface area (Å²) in [4.78, 5) is 17.0. The molecular weight excluding hydrogens is 304 g/mol. The summed E-state index contributed by atoms with van der Waals surface area (Å²) in [7, 11) is 0. The lowest BCUT2D eigenvalue weighted by Gasteiger charge is -2.20. The summed E-state index contributed by atoms with van der Waals surface area (Å²) < 4.78 is 0. The second-order valence-electron chi connectivity index (χ2n) is 5.81. The highest BCUT2D eigenvalue weighted by atomic mass is 35.5. The lowest BCUT2D eigenvalue weighted by molar-refractivity contribution is 0.0748. The molecule has 0 bridgehead atoms. The Morgan fingerprint density at radius 1 is 1.48 bits per heavy atom. The quantitative estimate of drug-likeness (QED) is 0.898. The molecule has 21 heavy (non-hydrogen) atoms. The largest absolute Gasteiger partial charge is 0.335 e. The van der Waals surface area contributed by atoms with Gasteiger partial charge in [-0.15, -0.1) is 23.7 Å². The van der Waals surface area contributed by atoms with Crippen molar-refractivity contribution in [2.45, 2.75) is 52.5 Å². The van der Waals surface area contributed by atoms with Gasteiger partial charge in [0.25, 0.3) is 5.91 Å². The summed E-state index contributed by atoms with van der Waals surface area (Å²) in [6.07, 6.45) is 4.27. The van der Waals surface area contributed by atoms with Crippen LogP contribution < -0.4 is 5.73 Å². The number of halogens is 1. The molecule has 0 spiro atoms. The molecular formula is C16H27ClN2OS. The van der Waals surface area contributed by atoms with Crippen LogP contribution in [0.2, 0.25) is 0 Å². The molecule has 2 heterocycles. The summed E-state index contributed by atoms with van der Waals surface area (Å²) in [6.45, 7) is 7.99. The first-order chi connectivity index (χ1) is 9.60. The molecule has 120 valence electrons. The smallest absolute Gasteiger partial charge is 0.264 e. The number of hydrogen-bond donors (Lipinski definition) is 1. The molecule has 1 aliphatic rings. The van der Waals surface area contributed by atoms with Crippen molar-refractivity contribution in [2.75, 3.05) is 13.1 Å². The third-order valence-corrected chi connectivity index (χ3v) is 5.45. The SMILES string of the molecule is CCCc1sc(C(=O)N2CC(CN)CC2C)cc1CC.Cl. The number of hydrogen-bond acceptors (Lipinski definition) is 3. The van der Waals surface area contributed by atoms with Gasteiger partial charge in [-0.05, 0) is 50.3 Å².